The lowest BCUT2D eigenvalue weighted by Gasteiger charge is -2.10. The summed E-state index contributed by atoms with van der Waals surface area (Å²) in [7, 11) is -2.13. The number of methoxy groups -OCH3 is 1. The van der Waals surface area contributed by atoms with Gasteiger partial charge in [-0.25, -0.2) is 8.42 Å². The Kier molecular flexibility index (Phi) is 10.9. The summed E-state index contributed by atoms with van der Waals surface area (Å²) in [6.07, 6.45) is 4.42. The fourth-order valence-corrected chi connectivity index (χ4v) is 5.48. The molecule has 0 fully saturated rings. The first kappa shape index (κ1) is 37.0. The molecule has 0 unspecified atom stereocenters. The number of hydrogen-bond donors (Lipinski definition) is 2. The largest absolute Gasteiger partial charge is 0.467 e. The summed E-state index contributed by atoms with van der Waals surface area (Å²) in [4.78, 5) is 37.8. The second-order valence-corrected chi connectivity index (χ2v) is 14.1. The van der Waals surface area contributed by atoms with E-state index in [0.29, 0.717) is 29.4 Å². The van der Waals surface area contributed by atoms with Gasteiger partial charge < -0.3 is 15.4 Å². The Balaban J connectivity index is 0.000000202. The molecular formula is C32H36N12O7S. The van der Waals surface area contributed by atoms with E-state index in [-0.39, 0.29) is 46.9 Å². The zero-order valence-electron chi connectivity index (χ0n) is 29.1. The molecule has 0 saturated carbocycles. The lowest BCUT2D eigenvalue weighted by atomic mass is 10.1. The Morgan fingerprint density at radius 1 is 0.750 bits per heavy atom. The van der Waals surface area contributed by atoms with Crippen molar-refractivity contribution in [2.24, 2.45) is 0 Å². The van der Waals surface area contributed by atoms with Crippen LogP contribution in [0, 0.1) is 20.2 Å². The Morgan fingerprint density at radius 2 is 1.21 bits per heavy atom. The van der Waals surface area contributed by atoms with E-state index in [1.54, 1.807) is 41.2 Å². The number of nitrogens with zero attached hydrogens (tertiary/aromatic N) is 10. The molecule has 0 atom stereocenters. The van der Waals surface area contributed by atoms with Crippen LogP contribution in [0.15, 0.2) is 66.1 Å². The molecule has 0 spiro atoms. The van der Waals surface area contributed by atoms with Crippen LogP contribution in [-0.2, 0) is 22.9 Å². The third-order valence-corrected chi connectivity index (χ3v) is 8.50. The maximum Gasteiger partial charge on any atom is 0.321 e. The van der Waals surface area contributed by atoms with Gasteiger partial charge in [0.25, 0.3) is 16.5 Å². The molecular weight excluding hydrogens is 696 g/mol. The molecule has 0 bridgehead atoms. The monoisotopic (exact) mass is 732 g/mol. The molecule has 0 aliphatic heterocycles. The van der Waals surface area contributed by atoms with Crippen LogP contribution < -0.4 is 15.4 Å². The Bertz CT molecular complexity index is 2370. The van der Waals surface area contributed by atoms with Gasteiger partial charge in [0.1, 0.15) is 0 Å². The zero-order valence-corrected chi connectivity index (χ0v) is 29.9. The lowest BCUT2D eigenvalue weighted by molar-refractivity contribution is -0.385. The molecule has 0 aliphatic carbocycles. The van der Waals surface area contributed by atoms with E-state index in [2.05, 4.69) is 54.6 Å². The molecule has 19 nitrogen and oxygen atoms in total. The number of anilines is 2. The summed E-state index contributed by atoms with van der Waals surface area (Å²) < 4.78 is 32.2. The van der Waals surface area contributed by atoms with Crippen molar-refractivity contribution < 1.29 is 23.0 Å². The number of benzene rings is 2. The molecule has 6 aromatic rings. The van der Waals surface area contributed by atoms with Gasteiger partial charge in [0.15, 0.2) is 11.3 Å². The summed E-state index contributed by atoms with van der Waals surface area (Å²) in [5, 5.41) is 36.2. The van der Waals surface area contributed by atoms with Crippen molar-refractivity contribution in [1.82, 2.24) is 39.2 Å². The fraction of sp³-hybridized carbons (Fsp3) is 0.312. The predicted molar refractivity (Wildman–Crippen MR) is 190 cm³/mol. The molecule has 0 radical (unpaired) electrons. The quantitative estimate of drug-likeness (QED) is 0.125. The molecule has 2 N–H and O–H groups in total. The molecule has 2 aromatic carbocycles. The van der Waals surface area contributed by atoms with Crippen molar-refractivity contribution in [3.05, 3.63) is 103 Å². The van der Waals surface area contributed by atoms with Crippen molar-refractivity contribution in [2.45, 2.75) is 57.8 Å². The number of nitro benzene ring substituents is 2. The van der Waals surface area contributed by atoms with Crippen LogP contribution in [0.25, 0.3) is 11.3 Å². The normalized spacial score (nSPS) is 11.5. The van der Waals surface area contributed by atoms with E-state index in [9.17, 15) is 28.6 Å². The number of non-ortho nitro benzene ring substituents is 2. The molecule has 20 heteroatoms. The van der Waals surface area contributed by atoms with Crippen molar-refractivity contribution in [2.75, 3.05) is 24.0 Å². The Labute approximate surface area is 297 Å². The highest BCUT2D eigenvalue weighted by atomic mass is 32.2. The summed E-state index contributed by atoms with van der Waals surface area (Å²) in [6, 6.07) is 12.8. The highest BCUT2D eigenvalue weighted by Crippen LogP contribution is 2.24. The third-order valence-electron chi connectivity index (χ3n) is 7.65. The van der Waals surface area contributed by atoms with E-state index < -0.39 is 19.7 Å². The number of hydrogen-bond acceptors (Lipinski definition) is 15. The third kappa shape index (κ3) is 8.34. The molecule has 6 rings (SSSR count). The van der Waals surface area contributed by atoms with Gasteiger partial charge in [0.2, 0.25) is 21.7 Å². The van der Waals surface area contributed by atoms with Gasteiger partial charge in [-0.3, -0.25) is 20.2 Å². The SMILES string of the molecule is CC(C)c1cnn2c(NCc3cccc([N+](=O)[O-])c3)nc(S(C)(=O)=O)nc12.COc1nc(NCc2cccc([N+](=O)[O-])c2)n2ncc(C(C)C)c2n1. The van der Waals surface area contributed by atoms with Gasteiger partial charge >= 0.3 is 6.01 Å². The number of nitrogens with one attached hydrogen (secondary N) is 2. The van der Waals surface area contributed by atoms with Crippen molar-refractivity contribution >= 4 is 44.4 Å². The minimum Gasteiger partial charge on any atom is -0.467 e. The van der Waals surface area contributed by atoms with Gasteiger partial charge in [0.05, 0.1) is 29.4 Å². The second-order valence-electron chi connectivity index (χ2n) is 12.2. The van der Waals surface area contributed by atoms with Crippen LogP contribution in [0.2, 0.25) is 0 Å². The Hall–Kier alpha value is -6.31. The number of nitro groups is 2. The first-order valence-corrected chi connectivity index (χ1v) is 17.7. The molecule has 4 heterocycles. The predicted octanol–water partition coefficient (Wildman–Crippen LogP) is 4.95. The standard InChI is InChI=1S/C16H18N6O4S.C16H18N6O3/c1-10(2)13-9-18-21-14(13)19-16(27(3,25)26)20-15(21)17-8-11-5-4-6-12(7-11)22(23)24;1-10(2)13-9-18-21-14(13)19-16(25-3)20-15(21)17-8-11-5-4-6-12(7-11)22(23)24/h4-7,9-10H,8H2,1-3H3,(H,17,19,20);4-7,9-10H,8H2,1-3H3,(H,17,19,20). The molecule has 0 saturated heterocycles. The maximum absolute atomic E-state index is 12.0. The Morgan fingerprint density at radius 3 is 1.63 bits per heavy atom. The highest BCUT2D eigenvalue weighted by molar-refractivity contribution is 7.90. The average molecular weight is 733 g/mol. The summed E-state index contributed by atoms with van der Waals surface area (Å²) in [5.74, 6) is 0.996. The number of ether oxygens (including phenoxy) is 1. The summed E-state index contributed by atoms with van der Waals surface area (Å²) in [6.45, 7) is 8.58. The molecule has 272 valence electrons. The van der Waals surface area contributed by atoms with E-state index in [1.807, 2.05) is 13.8 Å². The smallest absolute Gasteiger partial charge is 0.321 e. The van der Waals surface area contributed by atoms with Gasteiger partial charge in [0, 0.05) is 54.7 Å². The van der Waals surface area contributed by atoms with E-state index in [4.69, 9.17) is 4.74 Å². The van der Waals surface area contributed by atoms with E-state index in [0.717, 1.165) is 22.9 Å². The maximum atomic E-state index is 12.0. The van der Waals surface area contributed by atoms with E-state index >= 15 is 0 Å². The minimum absolute atomic E-state index is 0.0276. The molecule has 52 heavy (non-hydrogen) atoms. The van der Waals surface area contributed by atoms with Gasteiger partial charge in [-0.05, 0) is 23.0 Å². The van der Waals surface area contributed by atoms with Crippen LogP contribution in [0.4, 0.5) is 23.3 Å². The van der Waals surface area contributed by atoms with Gasteiger partial charge in [-0.1, -0.05) is 52.0 Å². The van der Waals surface area contributed by atoms with Crippen molar-refractivity contribution in [1.29, 1.82) is 0 Å². The number of fused-ring (bicyclic) bond motifs is 2. The lowest BCUT2D eigenvalue weighted by Crippen LogP contribution is -2.13. The summed E-state index contributed by atoms with van der Waals surface area (Å²) in [5.41, 5.74) is 4.28. The van der Waals surface area contributed by atoms with Gasteiger partial charge in [-0.15, -0.1) is 0 Å². The number of rotatable bonds is 12. The van der Waals surface area contributed by atoms with Crippen LogP contribution >= 0.6 is 0 Å². The number of sulfone groups is 1. The fourth-order valence-electron chi connectivity index (χ4n) is 4.97. The molecule has 0 aliphatic rings. The average Bonchev–Trinajstić information content (AvgIpc) is 3.75. The van der Waals surface area contributed by atoms with Crippen LogP contribution in [-0.4, -0.2) is 70.8 Å². The summed E-state index contributed by atoms with van der Waals surface area (Å²) >= 11 is 0. The van der Waals surface area contributed by atoms with Gasteiger partial charge in [-0.2, -0.15) is 39.2 Å². The van der Waals surface area contributed by atoms with Crippen LogP contribution in [0.5, 0.6) is 6.01 Å². The van der Waals surface area contributed by atoms with E-state index in [1.165, 1.54) is 35.9 Å². The molecule has 4 aromatic heterocycles. The first-order chi connectivity index (χ1) is 24.7. The minimum atomic E-state index is -3.63. The van der Waals surface area contributed by atoms with Crippen molar-refractivity contribution in [3.63, 3.8) is 0 Å². The second kappa shape index (κ2) is 15.3. The van der Waals surface area contributed by atoms with Crippen LogP contribution in [0.1, 0.15) is 61.8 Å². The van der Waals surface area contributed by atoms with Crippen LogP contribution in [0.3, 0.4) is 0 Å². The highest BCUT2D eigenvalue weighted by Gasteiger charge is 2.20. The first-order valence-electron chi connectivity index (χ1n) is 15.9. The zero-order chi connectivity index (χ0) is 37.7. The molecule has 0 amide bonds. The topological polar surface area (TPSA) is 240 Å². The number of aromatic nitrogens is 8. The van der Waals surface area contributed by atoms with Crippen molar-refractivity contribution in [3.8, 4) is 6.01 Å².